The molecule has 0 unspecified atom stereocenters. The van der Waals surface area contributed by atoms with Gasteiger partial charge in [0.1, 0.15) is 0 Å². The summed E-state index contributed by atoms with van der Waals surface area (Å²) in [5, 5.41) is 12.9. The fraction of sp³-hybridized carbons (Fsp3) is 1.00. The Kier molecular flexibility index (Phi) is 5.46. The average molecular weight is 255 g/mol. The number of hydrogen-bond acceptors (Lipinski definition) is 3. The Labute approximate surface area is 111 Å². The molecule has 0 saturated heterocycles. The van der Waals surface area contributed by atoms with Crippen LogP contribution in [0.1, 0.15) is 46.0 Å². The Morgan fingerprint density at radius 3 is 2.72 bits per heavy atom. The third-order valence-corrected chi connectivity index (χ3v) is 4.59. The van der Waals surface area contributed by atoms with Crippen molar-refractivity contribution >= 4 is 0 Å². The van der Waals surface area contributed by atoms with Crippen LogP contribution in [0.2, 0.25) is 0 Å². The SMILES string of the molecule is CC(C)NC[C@H](O)COCC[C@@H]1C[C@H]2CC[C@H]1C2. The summed E-state index contributed by atoms with van der Waals surface area (Å²) in [5.41, 5.74) is 0. The molecule has 3 nitrogen and oxygen atoms in total. The molecular weight excluding hydrogens is 226 g/mol. The third kappa shape index (κ3) is 4.22. The summed E-state index contributed by atoms with van der Waals surface area (Å²) in [7, 11) is 0. The molecule has 2 N–H and O–H groups in total. The predicted octanol–water partition coefficient (Wildman–Crippen LogP) is 2.19. The van der Waals surface area contributed by atoms with Gasteiger partial charge in [0.15, 0.2) is 0 Å². The first kappa shape index (κ1) is 14.3. The minimum Gasteiger partial charge on any atom is -0.389 e. The summed E-state index contributed by atoms with van der Waals surface area (Å²) in [6, 6.07) is 0.425. The van der Waals surface area contributed by atoms with Gasteiger partial charge in [-0.25, -0.2) is 0 Å². The van der Waals surface area contributed by atoms with Crippen LogP contribution in [0.5, 0.6) is 0 Å². The second-order valence-electron chi connectivity index (χ2n) is 6.52. The van der Waals surface area contributed by atoms with Crippen LogP contribution in [0.25, 0.3) is 0 Å². The minimum absolute atomic E-state index is 0.368. The minimum atomic E-state index is -0.368. The lowest BCUT2D eigenvalue weighted by atomic mass is 9.87. The summed E-state index contributed by atoms with van der Waals surface area (Å²) in [4.78, 5) is 0. The van der Waals surface area contributed by atoms with E-state index in [1.54, 1.807) is 0 Å². The first-order chi connectivity index (χ1) is 8.65. The Hall–Kier alpha value is -0.120. The van der Waals surface area contributed by atoms with Crippen LogP contribution < -0.4 is 5.32 Å². The van der Waals surface area contributed by atoms with Crippen LogP contribution in [0, 0.1) is 17.8 Å². The maximum Gasteiger partial charge on any atom is 0.0897 e. The molecule has 2 aliphatic carbocycles. The molecule has 3 heteroatoms. The van der Waals surface area contributed by atoms with Gasteiger partial charge in [0.2, 0.25) is 0 Å². The summed E-state index contributed by atoms with van der Waals surface area (Å²) < 4.78 is 5.61. The predicted molar refractivity (Wildman–Crippen MR) is 73.5 cm³/mol. The lowest BCUT2D eigenvalue weighted by molar-refractivity contribution is 0.0283. The average Bonchev–Trinajstić information content (AvgIpc) is 2.94. The van der Waals surface area contributed by atoms with Gasteiger partial charge in [-0.3, -0.25) is 0 Å². The number of rotatable bonds is 8. The van der Waals surface area contributed by atoms with Gasteiger partial charge in [-0.2, -0.15) is 0 Å². The fourth-order valence-corrected chi connectivity index (χ4v) is 3.61. The molecule has 2 bridgehead atoms. The molecule has 0 aliphatic heterocycles. The fourth-order valence-electron chi connectivity index (χ4n) is 3.61. The number of aliphatic hydroxyl groups is 1. The van der Waals surface area contributed by atoms with Crippen molar-refractivity contribution in [3.05, 3.63) is 0 Å². The lowest BCUT2D eigenvalue weighted by Gasteiger charge is -2.21. The van der Waals surface area contributed by atoms with Crippen molar-refractivity contribution < 1.29 is 9.84 Å². The Morgan fingerprint density at radius 1 is 1.28 bits per heavy atom. The van der Waals surface area contributed by atoms with Crippen LogP contribution in [-0.2, 0) is 4.74 Å². The molecule has 106 valence electrons. The Balaban J connectivity index is 1.48. The molecule has 0 aromatic heterocycles. The quantitative estimate of drug-likeness (QED) is 0.653. The maximum atomic E-state index is 9.71. The van der Waals surface area contributed by atoms with Gasteiger partial charge < -0.3 is 15.2 Å². The van der Waals surface area contributed by atoms with E-state index >= 15 is 0 Å². The molecule has 0 radical (unpaired) electrons. The van der Waals surface area contributed by atoms with Crippen molar-refractivity contribution in [1.29, 1.82) is 0 Å². The van der Waals surface area contributed by atoms with E-state index in [1.807, 2.05) is 0 Å². The normalized spacial score (nSPS) is 32.3. The van der Waals surface area contributed by atoms with Crippen molar-refractivity contribution in [1.82, 2.24) is 5.32 Å². The number of ether oxygens (including phenoxy) is 1. The van der Waals surface area contributed by atoms with Gasteiger partial charge in [-0.05, 0) is 43.4 Å². The van der Waals surface area contributed by atoms with Crippen LogP contribution in [0.4, 0.5) is 0 Å². The zero-order chi connectivity index (χ0) is 13.0. The molecule has 2 rings (SSSR count). The van der Waals surface area contributed by atoms with Gasteiger partial charge in [0.25, 0.3) is 0 Å². The Morgan fingerprint density at radius 2 is 2.11 bits per heavy atom. The third-order valence-electron chi connectivity index (χ3n) is 4.59. The standard InChI is InChI=1S/C15H29NO2/c1-11(2)16-9-15(17)10-18-6-5-14-8-12-3-4-13(14)7-12/h11-17H,3-10H2,1-2H3/t12-,13-,14+,15-/m0/s1. The molecule has 0 spiro atoms. The van der Waals surface area contributed by atoms with Crippen molar-refractivity contribution in [2.45, 2.75) is 58.1 Å². The van der Waals surface area contributed by atoms with Gasteiger partial charge in [0.05, 0.1) is 12.7 Å². The molecule has 4 atom stereocenters. The summed E-state index contributed by atoms with van der Waals surface area (Å²) in [6.45, 7) is 6.10. The molecule has 2 fully saturated rings. The van der Waals surface area contributed by atoms with Crippen LogP contribution in [-0.4, -0.2) is 37.0 Å². The molecule has 2 saturated carbocycles. The van der Waals surface area contributed by atoms with E-state index in [4.69, 9.17) is 4.74 Å². The summed E-state index contributed by atoms with van der Waals surface area (Å²) in [5.74, 6) is 2.93. The first-order valence-corrected chi connectivity index (χ1v) is 7.64. The van der Waals surface area contributed by atoms with Gasteiger partial charge in [-0.15, -0.1) is 0 Å². The van der Waals surface area contributed by atoms with Crippen molar-refractivity contribution in [2.75, 3.05) is 19.8 Å². The van der Waals surface area contributed by atoms with Crippen molar-refractivity contribution in [2.24, 2.45) is 17.8 Å². The number of aliphatic hydroxyl groups excluding tert-OH is 1. The monoisotopic (exact) mass is 255 g/mol. The van der Waals surface area contributed by atoms with Crippen molar-refractivity contribution in [3.63, 3.8) is 0 Å². The molecule has 0 aromatic rings. The van der Waals surface area contributed by atoms with Crippen LogP contribution in [0.3, 0.4) is 0 Å². The smallest absolute Gasteiger partial charge is 0.0897 e. The second kappa shape index (κ2) is 6.88. The van der Waals surface area contributed by atoms with E-state index in [-0.39, 0.29) is 6.10 Å². The highest BCUT2D eigenvalue weighted by atomic mass is 16.5. The zero-order valence-electron chi connectivity index (χ0n) is 11.9. The van der Waals surface area contributed by atoms with Gasteiger partial charge in [-0.1, -0.05) is 20.3 Å². The van der Waals surface area contributed by atoms with Crippen LogP contribution in [0.15, 0.2) is 0 Å². The zero-order valence-corrected chi connectivity index (χ0v) is 11.9. The van der Waals surface area contributed by atoms with E-state index in [9.17, 15) is 5.11 Å². The van der Waals surface area contributed by atoms with Crippen LogP contribution >= 0.6 is 0 Å². The highest BCUT2D eigenvalue weighted by Gasteiger charge is 2.38. The largest absolute Gasteiger partial charge is 0.389 e. The van der Waals surface area contributed by atoms with E-state index < -0.39 is 0 Å². The molecule has 18 heavy (non-hydrogen) atoms. The van der Waals surface area contributed by atoms with Gasteiger partial charge >= 0.3 is 0 Å². The van der Waals surface area contributed by atoms with Gasteiger partial charge in [0, 0.05) is 19.2 Å². The highest BCUT2D eigenvalue weighted by molar-refractivity contribution is 4.89. The second-order valence-corrected chi connectivity index (χ2v) is 6.52. The number of nitrogens with one attached hydrogen (secondary N) is 1. The van der Waals surface area contributed by atoms with E-state index in [0.717, 1.165) is 24.4 Å². The lowest BCUT2D eigenvalue weighted by Crippen LogP contribution is -2.34. The first-order valence-electron chi connectivity index (χ1n) is 7.64. The highest BCUT2D eigenvalue weighted by Crippen LogP contribution is 2.49. The topological polar surface area (TPSA) is 41.5 Å². The molecule has 2 aliphatic rings. The number of hydrogen-bond donors (Lipinski definition) is 2. The summed E-state index contributed by atoms with van der Waals surface area (Å²) in [6.07, 6.45) is 6.67. The molecule has 0 heterocycles. The van der Waals surface area contributed by atoms with E-state index in [0.29, 0.717) is 19.2 Å². The molecule has 0 aromatic carbocycles. The van der Waals surface area contributed by atoms with E-state index in [2.05, 4.69) is 19.2 Å². The summed E-state index contributed by atoms with van der Waals surface area (Å²) >= 11 is 0. The molecular formula is C15H29NO2. The molecule has 0 amide bonds. The van der Waals surface area contributed by atoms with Crippen molar-refractivity contribution in [3.8, 4) is 0 Å². The number of fused-ring (bicyclic) bond motifs is 2. The Bertz CT molecular complexity index is 245. The maximum absolute atomic E-state index is 9.71. The van der Waals surface area contributed by atoms with E-state index in [1.165, 1.54) is 32.1 Å².